The second-order valence-corrected chi connectivity index (χ2v) is 8.24. The molecule has 2 amide bonds. The van der Waals surface area contributed by atoms with Gasteiger partial charge in [-0.1, -0.05) is 48.5 Å². The lowest BCUT2D eigenvalue weighted by atomic mass is 9.98. The van der Waals surface area contributed by atoms with E-state index >= 15 is 0 Å². The molecule has 0 fully saturated rings. The maximum atomic E-state index is 12.8. The minimum absolute atomic E-state index is 0.0370. The number of carbonyl (C=O) groups is 3. The highest BCUT2D eigenvalue weighted by Gasteiger charge is 2.29. The maximum absolute atomic E-state index is 12.8. The Morgan fingerprint density at radius 2 is 1.71 bits per heavy atom. The molecule has 0 unspecified atom stereocenters. The van der Waals surface area contributed by atoms with Gasteiger partial charge in [-0.05, 0) is 28.7 Å². The molecule has 0 radical (unpaired) electrons. The molecular formula is C25H26N4O5. The van der Waals surface area contributed by atoms with E-state index in [1.165, 1.54) is 15.8 Å². The molecule has 34 heavy (non-hydrogen) atoms. The van der Waals surface area contributed by atoms with Crippen molar-refractivity contribution in [1.82, 2.24) is 14.7 Å². The van der Waals surface area contributed by atoms with Crippen molar-refractivity contribution >= 4 is 23.7 Å². The van der Waals surface area contributed by atoms with Gasteiger partial charge in [-0.15, -0.1) is 0 Å². The number of nitrogens with zero attached hydrogens (tertiary/aromatic N) is 3. The number of anilines is 1. The van der Waals surface area contributed by atoms with E-state index in [9.17, 15) is 14.4 Å². The van der Waals surface area contributed by atoms with Crippen molar-refractivity contribution in [2.45, 2.75) is 18.8 Å². The SMILES string of the molecule is CN(CCCC(=O)O)C(=O)c1nn(C)cc1NC(=O)OCC1c2ccccc2-c2ccccc21. The van der Waals surface area contributed by atoms with Crippen LogP contribution in [0.5, 0.6) is 0 Å². The van der Waals surface area contributed by atoms with Gasteiger partial charge < -0.3 is 14.7 Å². The first kappa shape index (κ1) is 23.0. The third-order valence-corrected chi connectivity index (χ3v) is 5.84. The number of nitrogens with one attached hydrogen (secondary N) is 1. The quantitative estimate of drug-likeness (QED) is 0.527. The first-order chi connectivity index (χ1) is 16.3. The van der Waals surface area contributed by atoms with Crippen LogP contribution in [0.15, 0.2) is 54.7 Å². The van der Waals surface area contributed by atoms with E-state index in [2.05, 4.69) is 22.5 Å². The fraction of sp³-hybridized carbons (Fsp3) is 0.280. The Morgan fingerprint density at radius 1 is 1.09 bits per heavy atom. The average molecular weight is 463 g/mol. The zero-order valence-corrected chi connectivity index (χ0v) is 19.0. The van der Waals surface area contributed by atoms with Crippen LogP contribution >= 0.6 is 0 Å². The van der Waals surface area contributed by atoms with E-state index in [1.807, 2.05) is 36.4 Å². The van der Waals surface area contributed by atoms with Crippen LogP contribution in [-0.4, -0.2) is 58.0 Å². The van der Waals surface area contributed by atoms with E-state index in [1.54, 1.807) is 14.1 Å². The van der Waals surface area contributed by atoms with Crippen LogP contribution < -0.4 is 5.32 Å². The molecule has 0 saturated carbocycles. The molecule has 1 aliphatic rings. The van der Waals surface area contributed by atoms with Crippen molar-refractivity contribution in [1.29, 1.82) is 0 Å². The summed E-state index contributed by atoms with van der Waals surface area (Å²) in [5.74, 6) is -1.41. The fourth-order valence-corrected chi connectivity index (χ4v) is 4.23. The molecule has 0 aliphatic heterocycles. The van der Waals surface area contributed by atoms with Crippen LogP contribution in [0.1, 0.15) is 40.4 Å². The summed E-state index contributed by atoms with van der Waals surface area (Å²) in [4.78, 5) is 37.5. The number of ether oxygens (including phenoxy) is 1. The van der Waals surface area contributed by atoms with Gasteiger partial charge in [0.2, 0.25) is 0 Å². The lowest BCUT2D eigenvalue weighted by Gasteiger charge is -2.17. The molecule has 2 aromatic carbocycles. The summed E-state index contributed by atoms with van der Waals surface area (Å²) in [6.45, 7) is 0.407. The molecule has 2 N–H and O–H groups in total. The van der Waals surface area contributed by atoms with E-state index in [0.29, 0.717) is 6.42 Å². The Hall–Kier alpha value is -4.14. The number of carboxylic acid groups (broad SMARTS) is 1. The van der Waals surface area contributed by atoms with Gasteiger partial charge in [-0.25, -0.2) is 4.79 Å². The van der Waals surface area contributed by atoms with Gasteiger partial charge in [0.1, 0.15) is 6.61 Å². The molecule has 1 heterocycles. The van der Waals surface area contributed by atoms with E-state index in [0.717, 1.165) is 22.3 Å². The molecule has 176 valence electrons. The molecule has 9 nitrogen and oxygen atoms in total. The third kappa shape index (κ3) is 4.78. The molecule has 9 heteroatoms. The summed E-state index contributed by atoms with van der Waals surface area (Å²) in [5.41, 5.74) is 4.79. The van der Waals surface area contributed by atoms with E-state index in [4.69, 9.17) is 9.84 Å². The van der Waals surface area contributed by atoms with Crippen molar-refractivity contribution in [3.8, 4) is 11.1 Å². The van der Waals surface area contributed by atoms with Crippen LogP contribution in [-0.2, 0) is 16.6 Å². The predicted molar refractivity (Wildman–Crippen MR) is 126 cm³/mol. The monoisotopic (exact) mass is 462 g/mol. The van der Waals surface area contributed by atoms with Gasteiger partial charge in [-0.2, -0.15) is 5.10 Å². The first-order valence-electron chi connectivity index (χ1n) is 11.0. The summed E-state index contributed by atoms with van der Waals surface area (Å²) < 4.78 is 6.99. The Morgan fingerprint density at radius 3 is 2.32 bits per heavy atom. The van der Waals surface area contributed by atoms with Crippen LogP contribution in [0.2, 0.25) is 0 Å². The van der Waals surface area contributed by atoms with Crippen molar-refractivity contribution in [2.24, 2.45) is 7.05 Å². The topological polar surface area (TPSA) is 114 Å². The number of hydrogen-bond acceptors (Lipinski definition) is 5. The number of fused-ring (bicyclic) bond motifs is 3. The van der Waals surface area contributed by atoms with E-state index in [-0.39, 0.29) is 36.9 Å². The molecule has 4 rings (SSSR count). The number of carbonyl (C=O) groups excluding carboxylic acids is 2. The van der Waals surface area contributed by atoms with E-state index < -0.39 is 18.0 Å². The summed E-state index contributed by atoms with van der Waals surface area (Å²) >= 11 is 0. The minimum Gasteiger partial charge on any atom is -0.481 e. The number of aromatic nitrogens is 2. The molecule has 0 atom stereocenters. The molecular weight excluding hydrogens is 436 g/mol. The summed E-state index contributed by atoms with van der Waals surface area (Å²) in [7, 11) is 3.21. The fourth-order valence-electron chi connectivity index (χ4n) is 4.23. The van der Waals surface area contributed by atoms with Gasteiger partial charge in [0, 0.05) is 39.2 Å². The van der Waals surface area contributed by atoms with Crippen LogP contribution in [0.3, 0.4) is 0 Å². The average Bonchev–Trinajstić information content (AvgIpc) is 3.34. The standard InChI is InChI=1S/C25H26N4O5/c1-28(13-7-12-22(30)31)24(32)23-21(14-29(2)27-23)26-25(33)34-15-20-18-10-5-3-8-16(18)17-9-4-6-11-19(17)20/h3-6,8-11,14,20H,7,12-13,15H2,1-2H3,(H,26,33)(H,30,31). The highest BCUT2D eigenvalue weighted by molar-refractivity contribution is 6.00. The maximum Gasteiger partial charge on any atom is 0.411 e. The van der Waals surface area contributed by atoms with Gasteiger partial charge in [0.15, 0.2) is 5.69 Å². The largest absolute Gasteiger partial charge is 0.481 e. The number of aliphatic carboxylic acids is 1. The van der Waals surface area contributed by atoms with Crippen molar-refractivity contribution < 1.29 is 24.2 Å². The molecule has 3 aromatic rings. The molecule has 0 spiro atoms. The Kier molecular flexibility index (Phi) is 6.62. The lowest BCUT2D eigenvalue weighted by Crippen LogP contribution is -2.29. The number of aryl methyl sites for hydroxylation is 1. The number of hydrogen-bond donors (Lipinski definition) is 2. The highest BCUT2D eigenvalue weighted by atomic mass is 16.5. The second kappa shape index (κ2) is 9.78. The number of amides is 2. The first-order valence-corrected chi connectivity index (χ1v) is 11.0. The Labute approximate surface area is 196 Å². The van der Waals surface area contributed by atoms with Gasteiger partial charge in [0.05, 0.1) is 5.69 Å². The predicted octanol–water partition coefficient (Wildman–Crippen LogP) is 3.72. The second-order valence-electron chi connectivity index (χ2n) is 8.24. The smallest absolute Gasteiger partial charge is 0.411 e. The molecule has 0 bridgehead atoms. The molecule has 0 saturated heterocycles. The van der Waals surface area contributed by atoms with Crippen LogP contribution in [0.4, 0.5) is 10.5 Å². The van der Waals surface area contributed by atoms with Gasteiger partial charge >= 0.3 is 12.1 Å². The lowest BCUT2D eigenvalue weighted by molar-refractivity contribution is -0.137. The third-order valence-electron chi connectivity index (χ3n) is 5.84. The molecule has 1 aliphatic carbocycles. The highest BCUT2D eigenvalue weighted by Crippen LogP contribution is 2.44. The normalized spacial score (nSPS) is 12.1. The van der Waals surface area contributed by atoms with Crippen LogP contribution in [0.25, 0.3) is 11.1 Å². The van der Waals surface area contributed by atoms with Gasteiger partial charge in [-0.3, -0.25) is 19.6 Å². The van der Waals surface area contributed by atoms with Crippen LogP contribution in [0, 0.1) is 0 Å². The summed E-state index contributed by atoms with van der Waals surface area (Å²) in [6, 6.07) is 16.1. The molecule has 1 aromatic heterocycles. The number of carboxylic acids is 1. The number of rotatable bonds is 8. The minimum atomic E-state index is -0.920. The zero-order valence-electron chi connectivity index (χ0n) is 19.0. The van der Waals surface area contributed by atoms with Crippen molar-refractivity contribution in [3.05, 3.63) is 71.5 Å². The van der Waals surface area contributed by atoms with Gasteiger partial charge in [0.25, 0.3) is 5.91 Å². The number of benzene rings is 2. The van der Waals surface area contributed by atoms with Crippen molar-refractivity contribution in [3.63, 3.8) is 0 Å². The summed E-state index contributed by atoms with van der Waals surface area (Å²) in [6.07, 6.45) is 1.13. The summed E-state index contributed by atoms with van der Waals surface area (Å²) in [5, 5.41) is 15.6. The Bertz CT molecular complexity index is 1190. The zero-order chi connectivity index (χ0) is 24.2. The van der Waals surface area contributed by atoms with Crippen molar-refractivity contribution in [2.75, 3.05) is 25.5 Å². The Balaban J connectivity index is 1.42.